The second-order valence-electron chi connectivity index (χ2n) is 5.45. The lowest BCUT2D eigenvalue weighted by molar-refractivity contribution is -0.137. The number of aryl methyl sites for hydroxylation is 1. The fourth-order valence-electron chi connectivity index (χ4n) is 2.46. The van der Waals surface area contributed by atoms with Crippen molar-refractivity contribution in [3.05, 3.63) is 71.5 Å². The van der Waals surface area contributed by atoms with E-state index in [-0.39, 0.29) is 17.0 Å². The average Bonchev–Trinajstić information content (AvgIpc) is 3.01. The predicted octanol–water partition coefficient (Wildman–Crippen LogP) is 4.43. The van der Waals surface area contributed by atoms with E-state index >= 15 is 0 Å². The molecule has 0 unspecified atom stereocenters. The molecule has 2 aromatic carbocycles. The van der Waals surface area contributed by atoms with Gasteiger partial charge in [0, 0.05) is 5.56 Å². The summed E-state index contributed by atoms with van der Waals surface area (Å²) in [4.78, 5) is 12.5. The molecule has 1 heterocycles. The normalized spacial score (nSPS) is 11.2. The van der Waals surface area contributed by atoms with Gasteiger partial charge in [-0.3, -0.25) is 15.6 Å². The Morgan fingerprint density at radius 3 is 2.38 bits per heavy atom. The molecule has 0 aliphatic heterocycles. The van der Waals surface area contributed by atoms with Gasteiger partial charge in [0.25, 0.3) is 5.91 Å². The number of benzene rings is 2. The summed E-state index contributed by atoms with van der Waals surface area (Å²) in [6.07, 6.45) is -4.55. The third-order valence-corrected chi connectivity index (χ3v) is 3.68. The number of aromatic nitrogens is 1. The molecule has 0 saturated carbocycles. The van der Waals surface area contributed by atoms with Crippen LogP contribution in [0.4, 0.5) is 18.9 Å². The monoisotopic (exact) mass is 361 g/mol. The van der Waals surface area contributed by atoms with Crippen LogP contribution in [0, 0.1) is 6.92 Å². The Kier molecular flexibility index (Phi) is 4.66. The fourth-order valence-corrected chi connectivity index (χ4v) is 2.46. The summed E-state index contributed by atoms with van der Waals surface area (Å²) in [6.45, 7) is 1.55. The molecule has 0 saturated heterocycles. The molecule has 2 N–H and O–H groups in total. The first-order valence-corrected chi connectivity index (χ1v) is 7.62. The van der Waals surface area contributed by atoms with E-state index in [1.54, 1.807) is 31.2 Å². The molecule has 0 aliphatic carbocycles. The second kappa shape index (κ2) is 6.91. The maximum Gasteiger partial charge on any atom is 0.418 e. The quantitative estimate of drug-likeness (QED) is 0.675. The zero-order valence-corrected chi connectivity index (χ0v) is 13.6. The number of hydrogen-bond donors (Lipinski definition) is 2. The Morgan fingerprint density at radius 2 is 1.69 bits per heavy atom. The number of carbonyl (C=O) groups excluding carboxylic acids is 1. The molecule has 0 bridgehead atoms. The van der Waals surface area contributed by atoms with Crippen LogP contribution in [0.1, 0.15) is 21.7 Å². The molecule has 1 aromatic heterocycles. The van der Waals surface area contributed by atoms with Gasteiger partial charge < -0.3 is 4.52 Å². The van der Waals surface area contributed by atoms with Crippen LogP contribution >= 0.6 is 0 Å². The van der Waals surface area contributed by atoms with E-state index in [1.807, 2.05) is 6.07 Å². The van der Waals surface area contributed by atoms with E-state index < -0.39 is 17.6 Å². The van der Waals surface area contributed by atoms with E-state index in [0.29, 0.717) is 11.3 Å². The smallest absolute Gasteiger partial charge is 0.360 e. The van der Waals surface area contributed by atoms with Crippen LogP contribution in [0.15, 0.2) is 59.1 Å². The number of anilines is 1. The first kappa shape index (κ1) is 17.5. The van der Waals surface area contributed by atoms with Crippen molar-refractivity contribution >= 4 is 11.6 Å². The number of nitrogens with zero attached hydrogens (tertiary/aromatic N) is 1. The zero-order valence-electron chi connectivity index (χ0n) is 13.6. The van der Waals surface area contributed by atoms with Gasteiger partial charge in [0.1, 0.15) is 17.0 Å². The zero-order chi connectivity index (χ0) is 18.7. The number of amides is 1. The number of hydrazine groups is 1. The second-order valence-corrected chi connectivity index (χ2v) is 5.45. The molecular weight excluding hydrogens is 347 g/mol. The summed E-state index contributed by atoms with van der Waals surface area (Å²) >= 11 is 0. The number of carbonyl (C=O) groups is 1. The van der Waals surface area contributed by atoms with Crippen molar-refractivity contribution in [3.63, 3.8) is 0 Å². The predicted molar refractivity (Wildman–Crippen MR) is 89.2 cm³/mol. The maximum absolute atomic E-state index is 13.0. The highest BCUT2D eigenvalue weighted by Crippen LogP contribution is 2.34. The van der Waals surface area contributed by atoms with E-state index in [2.05, 4.69) is 16.0 Å². The van der Waals surface area contributed by atoms with Crippen molar-refractivity contribution in [2.75, 3.05) is 5.43 Å². The first-order chi connectivity index (χ1) is 12.4. The van der Waals surface area contributed by atoms with E-state index in [0.717, 1.165) is 6.07 Å². The molecule has 5 nitrogen and oxygen atoms in total. The Labute approximate surface area is 146 Å². The largest absolute Gasteiger partial charge is 0.418 e. The lowest BCUT2D eigenvalue weighted by Gasteiger charge is -2.15. The number of nitrogens with one attached hydrogen (secondary N) is 2. The standard InChI is InChI=1S/C18H14F3N3O2/c1-11-15(16(24-26-11)12-7-3-2-4-8-12)17(25)23-22-14-10-6-5-9-13(14)18(19,20)21/h2-10,22H,1H3,(H,23,25). The van der Waals surface area contributed by atoms with Gasteiger partial charge in [-0.05, 0) is 19.1 Å². The lowest BCUT2D eigenvalue weighted by atomic mass is 10.1. The van der Waals surface area contributed by atoms with E-state index in [4.69, 9.17) is 4.52 Å². The van der Waals surface area contributed by atoms with Gasteiger partial charge in [-0.15, -0.1) is 0 Å². The minimum atomic E-state index is -4.55. The van der Waals surface area contributed by atoms with Gasteiger partial charge in [0.15, 0.2) is 0 Å². The topological polar surface area (TPSA) is 67.2 Å². The SMILES string of the molecule is Cc1onc(-c2ccccc2)c1C(=O)NNc1ccccc1C(F)(F)F. The van der Waals surface area contributed by atoms with Gasteiger partial charge in [0.2, 0.25) is 0 Å². The van der Waals surface area contributed by atoms with Crippen LogP contribution in [0.2, 0.25) is 0 Å². The van der Waals surface area contributed by atoms with Crippen molar-refractivity contribution in [3.8, 4) is 11.3 Å². The van der Waals surface area contributed by atoms with Gasteiger partial charge >= 0.3 is 6.18 Å². The minimum Gasteiger partial charge on any atom is -0.360 e. The lowest BCUT2D eigenvalue weighted by Crippen LogP contribution is -2.31. The number of alkyl halides is 3. The summed E-state index contributed by atoms with van der Waals surface area (Å²) in [5.41, 5.74) is 4.57. The van der Waals surface area contributed by atoms with Gasteiger partial charge in [0.05, 0.1) is 11.3 Å². The first-order valence-electron chi connectivity index (χ1n) is 7.62. The number of rotatable bonds is 4. The summed E-state index contributed by atoms with van der Waals surface area (Å²) in [7, 11) is 0. The van der Waals surface area contributed by atoms with E-state index in [1.165, 1.54) is 18.2 Å². The molecule has 0 radical (unpaired) electrons. The van der Waals surface area contributed by atoms with Crippen LogP contribution in [-0.2, 0) is 6.18 Å². The summed E-state index contributed by atoms with van der Waals surface area (Å²) in [6, 6.07) is 13.7. The molecule has 3 aromatic rings. The summed E-state index contributed by atoms with van der Waals surface area (Å²) < 4.78 is 44.1. The highest BCUT2D eigenvalue weighted by atomic mass is 19.4. The average molecular weight is 361 g/mol. The summed E-state index contributed by atoms with van der Waals surface area (Å²) in [5.74, 6) is -0.396. The van der Waals surface area contributed by atoms with Crippen molar-refractivity contribution in [2.45, 2.75) is 13.1 Å². The van der Waals surface area contributed by atoms with Gasteiger partial charge in [-0.1, -0.05) is 47.6 Å². The summed E-state index contributed by atoms with van der Waals surface area (Å²) in [5, 5.41) is 3.88. The van der Waals surface area contributed by atoms with Crippen molar-refractivity contribution in [2.24, 2.45) is 0 Å². The molecule has 0 aliphatic rings. The highest BCUT2D eigenvalue weighted by Gasteiger charge is 2.33. The van der Waals surface area contributed by atoms with Crippen LogP contribution in [-0.4, -0.2) is 11.1 Å². The van der Waals surface area contributed by atoms with Gasteiger partial charge in [-0.2, -0.15) is 13.2 Å². The van der Waals surface area contributed by atoms with Crippen molar-refractivity contribution < 1.29 is 22.5 Å². The number of para-hydroxylation sites is 1. The molecule has 8 heteroatoms. The molecule has 0 spiro atoms. The molecule has 1 amide bonds. The molecule has 3 rings (SSSR count). The van der Waals surface area contributed by atoms with Crippen molar-refractivity contribution in [1.82, 2.24) is 10.6 Å². The van der Waals surface area contributed by atoms with Crippen molar-refractivity contribution in [1.29, 1.82) is 0 Å². The molecular formula is C18H14F3N3O2. The Balaban J connectivity index is 1.84. The molecule has 134 valence electrons. The van der Waals surface area contributed by atoms with Crippen LogP contribution in [0.3, 0.4) is 0 Å². The Morgan fingerprint density at radius 1 is 1.04 bits per heavy atom. The Bertz CT molecular complexity index is 921. The fraction of sp³-hybridized carbons (Fsp3) is 0.111. The maximum atomic E-state index is 13.0. The van der Waals surface area contributed by atoms with Gasteiger partial charge in [-0.25, -0.2) is 0 Å². The highest BCUT2D eigenvalue weighted by molar-refractivity contribution is 6.01. The van der Waals surface area contributed by atoms with Crippen LogP contribution in [0.25, 0.3) is 11.3 Å². The minimum absolute atomic E-state index is 0.146. The molecule has 26 heavy (non-hydrogen) atoms. The third kappa shape index (κ3) is 3.53. The molecule has 0 atom stereocenters. The third-order valence-electron chi connectivity index (χ3n) is 3.68. The number of hydrogen-bond acceptors (Lipinski definition) is 4. The Hall–Kier alpha value is -3.29. The number of halogens is 3. The van der Waals surface area contributed by atoms with Crippen LogP contribution < -0.4 is 10.9 Å². The van der Waals surface area contributed by atoms with E-state index in [9.17, 15) is 18.0 Å². The molecule has 0 fully saturated rings. The van der Waals surface area contributed by atoms with Crippen LogP contribution in [0.5, 0.6) is 0 Å².